The number of anilines is 2. The highest BCUT2D eigenvalue weighted by atomic mass is 35.5. The predicted molar refractivity (Wildman–Crippen MR) is 147 cm³/mol. The Balaban J connectivity index is 1.55. The summed E-state index contributed by atoms with van der Waals surface area (Å²) in [5, 5.41) is 8.49. The molecule has 0 unspecified atom stereocenters. The smallest absolute Gasteiger partial charge is 0.321 e. The van der Waals surface area contributed by atoms with Crippen LogP contribution in [0.2, 0.25) is 5.02 Å². The van der Waals surface area contributed by atoms with Crippen LogP contribution in [-0.4, -0.2) is 54.8 Å². The van der Waals surface area contributed by atoms with Gasteiger partial charge >= 0.3 is 6.03 Å². The molecule has 1 aliphatic rings. The summed E-state index contributed by atoms with van der Waals surface area (Å²) in [4.78, 5) is 44.8. The highest BCUT2D eigenvalue weighted by molar-refractivity contribution is 6.30. The number of carbonyl (C=O) groups excluding carboxylic acids is 3. The van der Waals surface area contributed by atoms with Crippen LogP contribution in [0.5, 0.6) is 0 Å². The van der Waals surface area contributed by atoms with Gasteiger partial charge in [-0.2, -0.15) is 0 Å². The van der Waals surface area contributed by atoms with Gasteiger partial charge in [0.1, 0.15) is 12.1 Å². The molecule has 0 radical (unpaired) electrons. The Bertz CT molecular complexity index is 1300. The van der Waals surface area contributed by atoms with Crippen LogP contribution in [0.1, 0.15) is 17.5 Å². The van der Waals surface area contributed by atoms with Gasteiger partial charge in [-0.05, 0) is 54.1 Å². The van der Waals surface area contributed by atoms with Crippen molar-refractivity contribution in [3.05, 3.63) is 95.0 Å². The van der Waals surface area contributed by atoms with Gasteiger partial charge in [-0.15, -0.1) is 0 Å². The molecule has 4 rings (SSSR count). The molecule has 1 aliphatic heterocycles. The summed E-state index contributed by atoms with van der Waals surface area (Å²) < 4.78 is 5.97. The van der Waals surface area contributed by atoms with Crippen molar-refractivity contribution in [2.45, 2.75) is 18.8 Å². The van der Waals surface area contributed by atoms with Crippen molar-refractivity contribution < 1.29 is 19.1 Å². The molecule has 0 saturated heterocycles. The number of aldehydes is 1. The number of amidine groups is 1. The third-order valence-corrected chi connectivity index (χ3v) is 6.19. The standard InChI is InChI=1S/C28H28ClN5O4/c1-34-17-16-30-25(34)21-7-11-23(12-8-21)31-26(36)28(15-18-35,38-19-20-5-3-2-4-6-20)33-27(37)32-24-13-9-22(29)10-14-24/h2-14,18H,15-17,19H2,1H3,(H,31,36)(H2,32,33,37)/t28-/m0/s1. The summed E-state index contributed by atoms with van der Waals surface area (Å²) in [5.74, 6) is 0.180. The van der Waals surface area contributed by atoms with Crippen LogP contribution < -0.4 is 16.0 Å². The van der Waals surface area contributed by atoms with Crippen molar-refractivity contribution in [1.29, 1.82) is 0 Å². The topological polar surface area (TPSA) is 112 Å². The van der Waals surface area contributed by atoms with Crippen LogP contribution in [0.25, 0.3) is 0 Å². The summed E-state index contributed by atoms with van der Waals surface area (Å²) in [5.41, 5.74) is 0.621. The second-order valence-corrected chi connectivity index (χ2v) is 9.15. The Labute approximate surface area is 225 Å². The van der Waals surface area contributed by atoms with Crippen LogP contribution in [0.3, 0.4) is 0 Å². The number of hydrogen-bond acceptors (Lipinski definition) is 6. The van der Waals surface area contributed by atoms with E-state index in [9.17, 15) is 14.4 Å². The minimum atomic E-state index is -1.98. The molecule has 0 spiro atoms. The predicted octanol–water partition coefficient (Wildman–Crippen LogP) is 4.29. The summed E-state index contributed by atoms with van der Waals surface area (Å²) in [7, 11) is 1.97. The number of halogens is 1. The Morgan fingerprint density at radius 2 is 1.66 bits per heavy atom. The Kier molecular flexibility index (Phi) is 8.73. The first-order chi connectivity index (χ1) is 18.4. The zero-order chi connectivity index (χ0) is 27.0. The Morgan fingerprint density at radius 3 is 2.29 bits per heavy atom. The number of rotatable bonds is 10. The first-order valence-corrected chi connectivity index (χ1v) is 12.4. The van der Waals surface area contributed by atoms with Crippen molar-refractivity contribution in [2.75, 3.05) is 30.8 Å². The van der Waals surface area contributed by atoms with Crippen LogP contribution in [0.15, 0.2) is 83.9 Å². The molecule has 0 fully saturated rings. The molecule has 9 nitrogen and oxygen atoms in total. The number of likely N-dealkylation sites (N-methyl/N-ethyl adjacent to an activating group) is 1. The minimum absolute atomic E-state index is 0.0194. The van der Waals surface area contributed by atoms with E-state index in [2.05, 4.69) is 25.8 Å². The Morgan fingerprint density at radius 1 is 1.00 bits per heavy atom. The van der Waals surface area contributed by atoms with Crippen molar-refractivity contribution in [3.8, 4) is 0 Å². The van der Waals surface area contributed by atoms with Crippen LogP contribution in [0.4, 0.5) is 16.2 Å². The van der Waals surface area contributed by atoms with Gasteiger partial charge in [0, 0.05) is 35.6 Å². The van der Waals surface area contributed by atoms with E-state index in [-0.39, 0.29) is 6.61 Å². The lowest BCUT2D eigenvalue weighted by molar-refractivity contribution is -0.150. The minimum Gasteiger partial charge on any atom is -0.358 e. The third-order valence-electron chi connectivity index (χ3n) is 5.94. The van der Waals surface area contributed by atoms with Crippen molar-refractivity contribution in [1.82, 2.24) is 10.2 Å². The van der Waals surface area contributed by atoms with Crippen LogP contribution >= 0.6 is 11.6 Å². The Hall–Kier alpha value is -4.21. The maximum absolute atomic E-state index is 13.6. The molecule has 3 N–H and O–H groups in total. The normalized spacial score (nSPS) is 14.3. The van der Waals surface area contributed by atoms with E-state index in [4.69, 9.17) is 16.3 Å². The molecular weight excluding hydrogens is 506 g/mol. The SMILES string of the molecule is CN1CCN=C1c1ccc(NC(=O)[C@@](CC=O)(NC(=O)Nc2ccc(Cl)cc2)OCc2ccccc2)cc1. The number of ether oxygens (including phenoxy) is 1. The first-order valence-electron chi connectivity index (χ1n) is 12.0. The number of benzene rings is 3. The van der Waals surface area contributed by atoms with E-state index in [1.165, 1.54) is 0 Å². The second kappa shape index (κ2) is 12.4. The lowest BCUT2D eigenvalue weighted by atomic mass is 10.1. The van der Waals surface area contributed by atoms with E-state index in [0.717, 1.165) is 30.1 Å². The monoisotopic (exact) mass is 533 g/mol. The summed E-state index contributed by atoms with van der Waals surface area (Å²) in [6.45, 7) is 1.57. The number of aliphatic imine (C=N–C) groups is 1. The van der Waals surface area contributed by atoms with Gasteiger partial charge in [0.05, 0.1) is 19.6 Å². The van der Waals surface area contributed by atoms with E-state index in [1.54, 1.807) is 36.4 Å². The van der Waals surface area contributed by atoms with Crippen molar-refractivity contribution in [3.63, 3.8) is 0 Å². The molecule has 0 aliphatic carbocycles. The molecule has 3 amide bonds. The molecule has 0 saturated carbocycles. The number of amides is 3. The molecule has 196 valence electrons. The quantitative estimate of drug-likeness (QED) is 0.266. The average molecular weight is 534 g/mol. The molecule has 38 heavy (non-hydrogen) atoms. The molecule has 10 heteroatoms. The maximum atomic E-state index is 13.6. The highest BCUT2D eigenvalue weighted by Crippen LogP contribution is 2.21. The summed E-state index contributed by atoms with van der Waals surface area (Å²) in [6.07, 6.45) is 0.115. The molecule has 3 aromatic carbocycles. The highest BCUT2D eigenvalue weighted by Gasteiger charge is 2.41. The van der Waals surface area contributed by atoms with Gasteiger partial charge in [0.25, 0.3) is 5.91 Å². The van der Waals surface area contributed by atoms with Crippen molar-refractivity contribution in [2.24, 2.45) is 4.99 Å². The molecular formula is C28H28ClN5O4. The fourth-order valence-electron chi connectivity index (χ4n) is 3.92. The number of nitrogens with one attached hydrogen (secondary N) is 3. The zero-order valence-corrected chi connectivity index (χ0v) is 21.6. The van der Waals surface area contributed by atoms with Crippen molar-refractivity contribution >= 4 is 47.0 Å². The van der Waals surface area contributed by atoms with Gasteiger partial charge in [0.15, 0.2) is 0 Å². The zero-order valence-electron chi connectivity index (χ0n) is 20.8. The van der Waals surface area contributed by atoms with Gasteiger partial charge in [0.2, 0.25) is 5.72 Å². The summed E-state index contributed by atoms with van der Waals surface area (Å²) in [6, 6.07) is 22.0. The van der Waals surface area contributed by atoms with Gasteiger partial charge in [-0.1, -0.05) is 41.9 Å². The van der Waals surface area contributed by atoms with Gasteiger partial charge < -0.3 is 30.4 Å². The van der Waals surface area contributed by atoms with E-state index < -0.39 is 24.1 Å². The molecule has 1 atom stereocenters. The summed E-state index contributed by atoms with van der Waals surface area (Å²) >= 11 is 5.92. The van der Waals surface area contributed by atoms with Crippen LogP contribution in [-0.2, 0) is 20.9 Å². The van der Waals surface area contributed by atoms with E-state index in [0.29, 0.717) is 22.7 Å². The largest absolute Gasteiger partial charge is 0.358 e. The molecule has 1 heterocycles. The maximum Gasteiger partial charge on any atom is 0.321 e. The first kappa shape index (κ1) is 26.8. The molecule has 3 aromatic rings. The van der Waals surface area contributed by atoms with E-state index in [1.807, 2.05) is 49.5 Å². The number of urea groups is 1. The molecule has 0 bridgehead atoms. The molecule has 0 aromatic heterocycles. The lowest BCUT2D eigenvalue weighted by Crippen LogP contribution is -2.59. The van der Waals surface area contributed by atoms with E-state index >= 15 is 0 Å². The second-order valence-electron chi connectivity index (χ2n) is 8.72. The number of hydrogen-bond donors (Lipinski definition) is 3. The number of carbonyl (C=O) groups is 3. The number of nitrogens with zero attached hydrogens (tertiary/aromatic N) is 2. The van der Waals surface area contributed by atoms with Crippen LogP contribution in [0, 0.1) is 0 Å². The fraction of sp³-hybridized carbons (Fsp3) is 0.214. The third kappa shape index (κ3) is 6.76. The fourth-order valence-corrected chi connectivity index (χ4v) is 4.04. The van der Waals surface area contributed by atoms with Gasteiger partial charge in [-0.3, -0.25) is 9.79 Å². The van der Waals surface area contributed by atoms with Gasteiger partial charge in [-0.25, -0.2) is 4.79 Å². The lowest BCUT2D eigenvalue weighted by Gasteiger charge is -2.32. The average Bonchev–Trinajstić information content (AvgIpc) is 3.35.